The Labute approximate surface area is 110 Å². The van der Waals surface area contributed by atoms with E-state index in [0.717, 1.165) is 33.1 Å². The first kappa shape index (κ1) is 10.3. The van der Waals surface area contributed by atoms with Crippen LogP contribution in [0.5, 0.6) is 0 Å². The number of rotatable bonds is 1. The van der Waals surface area contributed by atoms with Gasteiger partial charge in [0, 0.05) is 28.7 Å². The molecule has 0 aliphatic carbocycles. The van der Waals surface area contributed by atoms with Gasteiger partial charge in [-0.3, -0.25) is 4.98 Å². The maximum Gasteiger partial charge on any atom is 0.143 e. The molecule has 0 saturated carbocycles. The van der Waals surface area contributed by atoms with E-state index >= 15 is 0 Å². The van der Waals surface area contributed by atoms with Gasteiger partial charge in [-0.25, -0.2) is 0 Å². The van der Waals surface area contributed by atoms with Gasteiger partial charge in [-0.15, -0.1) is 0 Å². The molecule has 2 nitrogen and oxygen atoms in total. The Bertz CT molecular complexity index is 862. The van der Waals surface area contributed by atoms with Crippen molar-refractivity contribution < 1.29 is 4.42 Å². The predicted octanol–water partition coefficient (Wildman–Crippen LogP) is 4.45. The fourth-order valence-electron chi connectivity index (χ4n) is 2.42. The molecule has 2 heterocycles. The summed E-state index contributed by atoms with van der Waals surface area (Å²) in [7, 11) is 0. The molecule has 0 unspecified atom stereocenters. The fourth-order valence-corrected chi connectivity index (χ4v) is 2.42. The molecule has 2 heteroatoms. The molecular formula is C17H10NO. The van der Waals surface area contributed by atoms with Crippen LogP contribution in [0.3, 0.4) is 0 Å². The smallest absolute Gasteiger partial charge is 0.143 e. The minimum atomic E-state index is 0.884. The topological polar surface area (TPSA) is 26.0 Å². The summed E-state index contributed by atoms with van der Waals surface area (Å²) in [6, 6.07) is 19.3. The zero-order valence-electron chi connectivity index (χ0n) is 10.1. The van der Waals surface area contributed by atoms with Gasteiger partial charge in [0.2, 0.25) is 0 Å². The summed E-state index contributed by atoms with van der Waals surface area (Å²) >= 11 is 0. The lowest BCUT2D eigenvalue weighted by Crippen LogP contribution is -1.79. The first-order valence-corrected chi connectivity index (χ1v) is 6.16. The molecule has 2 aromatic heterocycles. The Morgan fingerprint density at radius 3 is 2.68 bits per heavy atom. The molecule has 0 amide bonds. The maximum atomic E-state index is 5.99. The van der Waals surface area contributed by atoms with Gasteiger partial charge in [-0.05, 0) is 35.9 Å². The van der Waals surface area contributed by atoms with Crippen LogP contribution in [0.25, 0.3) is 33.1 Å². The van der Waals surface area contributed by atoms with Crippen molar-refractivity contribution in [2.24, 2.45) is 0 Å². The molecule has 0 N–H and O–H groups in total. The average Bonchev–Trinajstić information content (AvgIpc) is 2.87. The van der Waals surface area contributed by atoms with Crippen LogP contribution < -0.4 is 0 Å². The Morgan fingerprint density at radius 1 is 0.947 bits per heavy atom. The lowest BCUT2D eigenvalue weighted by Gasteiger charge is -2.01. The molecule has 0 spiro atoms. The van der Waals surface area contributed by atoms with Crippen LogP contribution in [0.15, 0.2) is 65.3 Å². The summed E-state index contributed by atoms with van der Waals surface area (Å²) in [5, 5.41) is 2.14. The minimum Gasteiger partial charge on any atom is -0.455 e. The molecule has 89 valence electrons. The summed E-state index contributed by atoms with van der Waals surface area (Å²) in [6.45, 7) is 0. The summed E-state index contributed by atoms with van der Waals surface area (Å²) in [4.78, 5) is 4.06. The number of para-hydroxylation sites is 1. The molecule has 0 fully saturated rings. The van der Waals surface area contributed by atoms with Crippen molar-refractivity contribution in [2.45, 2.75) is 0 Å². The molecule has 0 bridgehead atoms. The van der Waals surface area contributed by atoms with Crippen LogP contribution in [0, 0.1) is 6.07 Å². The molecule has 0 saturated heterocycles. The largest absolute Gasteiger partial charge is 0.455 e. The van der Waals surface area contributed by atoms with Crippen molar-refractivity contribution in [1.29, 1.82) is 0 Å². The Kier molecular flexibility index (Phi) is 2.15. The first-order valence-electron chi connectivity index (χ1n) is 6.16. The van der Waals surface area contributed by atoms with Gasteiger partial charge in [0.05, 0.1) is 0 Å². The quantitative estimate of drug-likeness (QED) is 0.494. The second kappa shape index (κ2) is 3.95. The van der Waals surface area contributed by atoms with Crippen LogP contribution in [0.2, 0.25) is 0 Å². The standard InChI is InChI=1S/C17H10NO/c1-2-7-16-14(4-1)15-6-3-5-13(17(15)19-16)12-8-10-18-11-9-12/h1-5,7-11H. The number of hydrogen-bond donors (Lipinski definition) is 0. The number of furan rings is 1. The van der Waals surface area contributed by atoms with Gasteiger partial charge in [-0.2, -0.15) is 0 Å². The van der Waals surface area contributed by atoms with E-state index in [-0.39, 0.29) is 0 Å². The predicted molar refractivity (Wildman–Crippen MR) is 75.8 cm³/mol. The Balaban J connectivity index is 2.13. The number of benzene rings is 2. The molecule has 0 atom stereocenters. The van der Waals surface area contributed by atoms with Crippen molar-refractivity contribution in [2.75, 3.05) is 0 Å². The second-order valence-corrected chi connectivity index (χ2v) is 4.43. The van der Waals surface area contributed by atoms with Gasteiger partial charge in [-0.1, -0.05) is 24.3 Å². The van der Waals surface area contributed by atoms with Crippen LogP contribution in [-0.4, -0.2) is 4.98 Å². The molecular weight excluding hydrogens is 234 g/mol. The molecule has 2 aromatic carbocycles. The molecule has 4 rings (SSSR count). The summed E-state index contributed by atoms with van der Waals surface area (Å²) < 4.78 is 5.99. The van der Waals surface area contributed by atoms with E-state index in [4.69, 9.17) is 4.42 Å². The van der Waals surface area contributed by atoms with Crippen molar-refractivity contribution in [1.82, 2.24) is 4.98 Å². The van der Waals surface area contributed by atoms with E-state index in [1.807, 2.05) is 42.5 Å². The highest BCUT2D eigenvalue weighted by molar-refractivity contribution is 6.09. The normalized spacial score (nSPS) is 11.2. The third-order valence-electron chi connectivity index (χ3n) is 3.31. The lowest BCUT2D eigenvalue weighted by molar-refractivity contribution is 0.670. The molecule has 19 heavy (non-hydrogen) atoms. The van der Waals surface area contributed by atoms with Crippen molar-refractivity contribution in [3.63, 3.8) is 0 Å². The second-order valence-electron chi connectivity index (χ2n) is 4.43. The van der Waals surface area contributed by atoms with Crippen LogP contribution in [0.4, 0.5) is 0 Å². The van der Waals surface area contributed by atoms with Crippen molar-refractivity contribution in [3.05, 3.63) is 67.0 Å². The number of hydrogen-bond acceptors (Lipinski definition) is 2. The fraction of sp³-hybridized carbons (Fsp3) is 0. The Hall–Kier alpha value is -2.61. The third-order valence-corrected chi connectivity index (χ3v) is 3.31. The Morgan fingerprint density at radius 2 is 1.79 bits per heavy atom. The van der Waals surface area contributed by atoms with Gasteiger partial charge in [0.1, 0.15) is 11.2 Å². The molecule has 0 aliphatic rings. The summed E-state index contributed by atoms with van der Waals surface area (Å²) in [6.07, 6.45) is 3.58. The summed E-state index contributed by atoms with van der Waals surface area (Å²) in [5.41, 5.74) is 3.96. The molecule has 1 radical (unpaired) electrons. The zero-order chi connectivity index (χ0) is 12.7. The van der Waals surface area contributed by atoms with Crippen molar-refractivity contribution in [3.8, 4) is 11.1 Å². The van der Waals surface area contributed by atoms with Crippen LogP contribution in [-0.2, 0) is 0 Å². The molecule has 4 aromatic rings. The summed E-state index contributed by atoms with van der Waals surface area (Å²) in [5.74, 6) is 0. The number of aromatic nitrogens is 1. The monoisotopic (exact) mass is 244 g/mol. The third kappa shape index (κ3) is 1.54. The maximum absolute atomic E-state index is 5.99. The van der Waals surface area contributed by atoms with Crippen LogP contribution in [0.1, 0.15) is 0 Å². The zero-order valence-corrected chi connectivity index (χ0v) is 10.1. The number of fused-ring (bicyclic) bond motifs is 3. The first-order chi connectivity index (χ1) is 9.43. The minimum absolute atomic E-state index is 0.884. The highest BCUT2D eigenvalue weighted by atomic mass is 16.3. The number of nitrogens with zero attached hydrogens (tertiary/aromatic N) is 1. The average molecular weight is 244 g/mol. The van der Waals surface area contributed by atoms with E-state index in [0.29, 0.717) is 0 Å². The van der Waals surface area contributed by atoms with E-state index in [1.54, 1.807) is 12.4 Å². The van der Waals surface area contributed by atoms with E-state index < -0.39 is 0 Å². The van der Waals surface area contributed by atoms with Crippen molar-refractivity contribution >= 4 is 21.9 Å². The molecule has 0 aliphatic heterocycles. The van der Waals surface area contributed by atoms with Gasteiger partial charge in [0.25, 0.3) is 0 Å². The van der Waals surface area contributed by atoms with E-state index in [1.165, 1.54) is 0 Å². The SMILES string of the molecule is [c]1ccc(-c2ccncc2)c2oc3ccccc3c12. The van der Waals surface area contributed by atoms with Crippen LogP contribution >= 0.6 is 0 Å². The lowest BCUT2D eigenvalue weighted by atomic mass is 10.0. The van der Waals surface area contributed by atoms with Gasteiger partial charge in [0.15, 0.2) is 0 Å². The highest BCUT2D eigenvalue weighted by Gasteiger charge is 2.11. The van der Waals surface area contributed by atoms with E-state index in [9.17, 15) is 0 Å². The van der Waals surface area contributed by atoms with E-state index in [2.05, 4.69) is 17.1 Å². The van der Waals surface area contributed by atoms with Gasteiger partial charge >= 0.3 is 0 Å². The highest BCUT2D eigenvalue weighted by Crippen LogP contribution is 2.34. The van der Waals surface area contributed by atoms with Gasteiger partial charge < -0.3 is 4.42 Å². The number of pyridine rings is 1.